The monoisotopic (exact) mass is 205 g/mol. The van der Waals surface area contributed by atoms with Gasteiger partial charge in [-0.15, -0.1) is 0 Å². The van der Waals surface area contributed by atoms with Gasteiger partial charge in [0.25, 0.3) is 0 Å². The van der Waals surface area contributed by atoms with Crippen molar-refractivity contribution in [1.82, 2.24) is 15.2 Å². The van der Waals surface area contributed by atoms with E-state index in [4.69, 9.17) is 0 Å². The van der Waals surface area contributed by atoms with Crippen LogP contribution in [0.3, 0.4) is 0 Å². The Morgan fingerprint density at radius 3 is 3.00 bits per heavy atom. The fourth-order valence-electron chi connectivity index (χ4n) is 1.75. The van der Waals surface area contributed by atoms with E-state index in [9.17, 15) is 4.79 Å². The van der Waals surface area contributed by atoms with E-state index >= 15 is 0 Å². The molecule has 0 aromatic carbocycles. The molecule has 1 fully saturated rings. The number of piperazine rings is 1. The number of carbonyl (C=O) groups excluding carboxylic acids is 1. The van der Waals surface area contributed by atoms with Gasteiger partial charge in [-0.05, 0) is 12.1 Å². The lowest BCUT2D eigenvalue weighted by molar-refractivity contribution is 0.112. The Hall–Kier alpha value is -1.26. The van der Waals surface area contributed by atoms with E-state index in [-0.39, 0.29) is 0 Å². The second-order valence-corrected chi connectivity index (χ2v) is 3.72. The lowest BCUT2D eigenvalue weighted by Gasteiger charge is -2.26. The smallest absolute Gasteiger partial charge is 0.150 e. The Bertz CT molecular complexity index is 334. The maximum Gasteiger partial charge on any atom is 0.150 e. The lowest BCUT2D eigenvalue weighted by Crippen LogP contribution is -2.43. The van der Waals surface area contributed by atoms with Crippen LogP contribution in [0.5, 0.6) is 0 Å². The predicted molar refractivity (Wildman–Crippen MR) is 57.8 cm³/mol. The van der Waals surface area contributed by atoms with Crippen molar-refractivity contribution in [2.75, 3.05) is 26.2 Å². The minimum absolute atomic E-state index is 0.704. The van der Waals surface area contributed by atoms with Crippen molar-refractivity contribution in [2.45, 2.75) is 6.54 Å². The van der Waals surface area contributed by atoms with Crippen LogP contribution in [0.2, 0.25) is 0 Å². The van der Waals surface area contributed by atoms with Crippen LogP contribution in [0, 0.1) is 0 Å². The van der Waals surface area contributed by atoms with Gasteiger partial charge in [-0.2, -0.15) is 0 Å². The molecule has 2 rings (SSSR count). The highest BCUT2D eigenvalue weighted by molar-refractivity contribution is 5.74. The van der Waals surface area contributed by atoms with Crippen molar-refractivity contribution in [3.8, 4) is 0 Å². The zero-order valence-electron chi connectivity index (χ0n) is 8.65. The molecule has 0 saturated carbocycles. The average molecular weight is 205 g/mol. The highest BCUT2D eigenvalue weighted by atomic mass is 16.1. The topological polar surface area (TPSA) is 45.2 Å². The van der Waals surface area contributed by atoms with Crippen LogP contribution < -0.4 is 5.32 Å². The van der Waals surface area contributed by atoms with Crippen molar-refractivity contribution in [3.63, 3.8) is 0 Å². The summed E-state index contributed by atoms with van der Waals surface area (Å²) in [6.45, 7) is 5.00. The van der Waals surface area contributed by atoms with Crippen LogP contribution in [0.4, 0.5) is 0 Å². The van der Waals surface area contributed by atoms with Crippen molar-refractivity contribution in [3.05, 3.63) is 29.6 Å². The third-order valence-corrected chi connectivity index (χ3v) is 2.57. The summed E-state index contributed by atoms with van der Waals surface area (Å²) in [5.41, 5.74) is 1.68. The number of carbonyl (C=O) groups is 1. The molecule has 0 amide bonds. The first-order valence-electron chi connectivity index (χ1n) is 5.21. The molecule has 4 heteroatoms. The predicted octanol–water partition coefficient (Wildman–Crippen LogP) is 0.299. The Morgan fingerprint density at radius 2 is 2.27 bits per heavy atom. The molecule has 80 valence electrons. The molecule has 1 saturated heterocycles. The summed E-state index contributed by atoms with van der Waals surface area (Å²) in [6.07, 6.45) is 2.56. The van der Waals surface area contributed by atoms with Gasteiger partial charge in [-0.3, -0.25) is 14.7 Å². The van der Waals surface area contributed by atoms with Crippen LogP contribution in [0.25, 0.3) is 0 Å². The molecular weight excluding hydrogens is 190 g/mol. The fraction of sp³-hybridized carbons (Fsp3) is 0.455. The first-order valence-corrected chi connectivity index (χ1v) is 5.21. The minimum atomic E-state index is 0.704. The minimum Gasteiger partial charge on any atom is -0.314 e. The Kier molecular flexibility index (Phi) is 3.42. The van der Waals surface area contributed by atoms with E-state index in [0.29, 0.717) is 5.56 Å². The number of rotatable bonds is 3. The highest BCUT2D eigenvalue weighted by Gasteiger charge is 2.10. The van der Waals surface area contributed by atoms with Crippen molar-refractivity contribution in [2.24, 2.45) is 0 Å². The summed E-state index contributed by atoms with van der Waals surface area (Å²) < 4.78 is 0. The average Bonchev–Trinajstić information content (AvgIpc) is 2.31. The molecule has 15 heavy (non-hydrogen) atoms. The number of nitrogens with one attached hydrogen (secondary N) is 1. The molecule has 4 nitrogen and oxygen atoms in total. The van der Waals surface area contributed by atoms with Gasteiger partial charge in [0, 0.05) is 44.5 Å². The molecule has 0 radical (unpaired) electrons. The molecule has 0 bridgehead atoms. The van der Waals surface area contributed by atoms with Gasteiger partial charge < -0.3 is 5.32 Å². The van der Waals surface area contributed by atoms with Gasteiger partial charge in [-0.1, -0.05) is 0 Å². The van der Waals surface area contributed by atoms with E-state index < -0.39 is 0 Å². The number of aldehydes is 1. The third-order valence-electron chi connectivity index (χ3n) is 2.57. The largest absolute Gasteiger partial charge is 0.314 e. The SMILES string of the molecule is O=Cc1ccnc(CN2CCNCC2)c1. The van der Waals surface area contributed by atoms with Crippen LogP contribution in [0.15, 0.2) is 18.3 Å². The maximum absolute atomic E-state index is 10.6. The zero-order valence-corrected chi connectivity index (χ0v) is 8.65. The van der Waals surface area contributed by atoms with Crippen LogP contribution in [-0.2, 0) is 6.54 Å². The molecule has 0 spiro atoms. The van der Waals surface area contributed by atoms with Gasteiger partial charge >= 0.3 is 0 Å². The molecular formula is C11H15N3O. The van der Waals surface area contributed by atoms with Crippen molar-refractivity contribution < 1.29 is 4.79 Å². The maximum atomic E-state index is 10.6. The summed E-state index contributed by atoms with van der Waals surface area (Å²) in [4.78, 5) is 17.2. The molecule has 1 aliphatic heterocycles. The highest BCUT2D eigenvalue weighted by Crippen LogP contribution is 2.04. The molecule has 1 aliphatic rings. The van der Waals surface area contributed by atoms with E-state index in [1.54, 1.807) is 12.3 Å². The van der Waals surface area contributed by atoms with E-state index in [2.05, 4.69) is 15.2 Å². The van der Waals surface area contributed by atoms with E-state index in [1.807, 2.05) is 6.07 Å². The normalized spacial score (nSPS) is 17.6. The fourth-order valence-corrected chi connectivity index (χ4v) is 1.75. The second kappa shape index (κ2) is 5.00. The van der Waals surface area contributed by atoms with Gasteiger partial charge in [0.1, 0.15) is 6.29 Å². The third kappa shape index (κ3) is 2.84. The molecule has 2 heterocycles. The molecule has 1 aromatic rings. The second-order valence-electron chi connectivity index (χ2n) is 3.72. The summed E-state index contributed by atoms with van der Waals surface area (Å²) in [5, 5.41) is 3.30. The Morgan fingerprint density at radius 1 is 1.47 bits per heavy atom. The standard InChI is InChI=1S/C11H15N3O/c15-9-10-1-2-13-11(7-10)8-14-5-3-12-4-6-14/h1-2,7,9,12H,3-6,8H2. The molecule has 0 aliphatic carbocycles. The summed E-state index contributed by atoms with van der Waals surface area (Å²) in [6, 6.07) is 3.59. The molecule has 0 atom stereocenters. The van der Waals surface area contributed by atoms with E-state index in [0.717, 1.165) is 44.7 Å². The molecule has 1 aromatic heterocycles. The van der Waals surface area contributed by atoms with Gasteiger partial charge in [0.15, 0.2) is 0 Å². The molecule has 0 unspecified atom stereocenters. The Balaban J connectivity index is 1.99. The van der Waals surface area contributed by atoms with Crippen LogP contribution in [0.1, 0.15) is 16.1 Å². The van der Waals surface area contributed by atoms with Crippen molar-refractivity contribution in [1.29, 1.82) is 0 Å². The van der Waals surface area contributed by atoms with Crippen LogP contribution >= 0.6 is 0 Å². The summed E-state index contributed by atoms with van der Waals surface area (Å²) in [7, 11) is 0. The first kappa shape index (κ1) is 10.3. The number of hydrogen-bond acceptors (Lipinski definition) is 4. The number of pyridine rings is 1. The zero-order chi connectivity index (χ0) is 10.5. The first-order chi connectivity index (χ1) is 7.38. The Labute approximate surface area is 89.3 Å². The van der Waals surface area contributed by atoms with Crippen LogP contribution in [-0.4, -0.2) is 42.3 Å². The number of aromatic nitrogens is 1. The summed E-state index contributed by atoms with van der Waals surface area (Å²) in [5.74, 6) is 0. The molecule has 1 N–H and O–H groups in total. The van der Waals surface area contributed by atoms with Gasteiger partial charge in [-0.25, -0.2) is 0 Å². The van der Waals surface area contributed by atoms with E-state index in [1.165, 1.54) is 0 Å². The number of nitrogens with zero attached hydrogens (tertiary/aromatic N) is 2. The van der Waals surface area contributed by atoms with Gasteiger partial charge in [0.2, 0.25) is 0 Å². The lowest BCUT2D eigenvalue weighted by atomic mass is 10.2. The van der Waals surface area contributed by atoms with Gasteiger partial charge in [0.05, 0.1) is 5.69 Å². The quantitative estimate of drug-likeness (QED) is 0.721. The number of hydrogen-bond donors (Lipinski definition) is 1. The van der Waals surface area contributed by atoms with Crippen molar-refractivity contribution >= 4 is 6.29 Å². The summed E-state index contributed by atoms with van der Waals surface area (Å²) >= 11 is 0.